The summed E-state index contributed by atoms with van der Waals surface area (Å²) in [6.45, 7) is 1.20. The lowest BCUT2D eigenvalue weighted by atomic mass is 10.0. The molecule has 1 fully saturated rings. The number of hydrogen-bond acceptors (Lipinski definition) is 4. The Labute approximate surface area is 105 Å². The van der Waals surface area contributed by atoms with Crippen LogP contribution in [0.5, 0.6) is 11.5 Å². The predicted molar refractivity (Wildman–Crippen MR) is 63.7 cm³/mol. The Bertz CT molecular complexity index is 474. The summed E-state index contributed by atoms with van der Waals surface area (Å²) in [5.41, 5.74) is 1.11. The van der Waals surface area contributed by atoms with Crippen LogP contribution in [0.15, 0.2) is 18.2 Å². The molecule has 0 aliphatic carbocycles. The van der Waals surface area contributed by atoms with Gasteiger partial charge in [-0.15, -0.1) is 0 Å². The Morgan fingerprint density at radius 3 is 3.06 bits per heavy atom. The van der Waals surface area contributed by atoms with Crippen molar-refractivity contribution in [1.29, 1.82) is 0 Å². The first-order valence-corrected chi connectivity index (χ1v) is 6.09. The van der Waals surface area contributed by atoms with Crippen molar-refractivity contribution in [2.24, 2.45) is 0 Å². The van der Waals surface area contributed by atoms with Crippen molar-refractivity contribution >= 4 is 5.97 Å². The summed E-state index contributed by atoms with van der Waals surface area (Å²) in [4.78, 5) is 12.8. The van der Waals surface area contributed by atoms with Gasteiger partial charge in [0.05, 0.1) is 6.54 Å². The minimum Gasteiger partial charge on any atom is -0.480 e. The number of carboxylic acids is 1. The maximum atomic E-state index is 10.8. The van der Waals surface area contributed by atoms with Crippen molar-refractivity contribution in [2.45, 2.75) is 18.9 Å². The van der Waals surface area contributed by atoms with Gasteiger partial charge in [-0.2, -0.15) is 0 Å². The molecule has 0 radical (unpaired) electrons. The maximum absolute atomic E-state index is 10.8. The van der Waals surface area contributed by atoms with E-state index >= 15 is 0 Å². The van der Waals surface area contributed by atoms with E-state index in [0.29, 0.717) is 0 Å². The van der Waals surface area contributed by atoms with Crippen molar-refractivity contribution in [3.8, 4) is 11.5 Å². The van der Waals surface area contributed by atoms with Gasteiger partial charge in [0, 0.05) is 6.04 Å². The van der Waals surface area contributed by atoms with Gasteiger partial charge in [-0.1, -0.05) is 6.07 Å². The molecule has 0 amide bonds. The number of nitrogens with zero attached hydrogens (tertiary/aromatic N) is 1. The molecule has 0 spiro atoms. The second-order valence-electron chi connectivity index (χ2n) is 4.63. The molecule has 0 bridgehead atoms. The molecule has 1 atom stereocenters. The topological polar surface area (TPSA) is 59.0 Å². The summed E-state index contributed by atoms with van der Waals surface area (Å²) in [5, 5.41) is 8.91. The number of carbonyl (C=O) groups is 1. The fourth-order valence-electron chi connectivity index (χ4n) is 2.69. The molecule has 0 aromatic heterocycles. The van der Waals surface area contributed by atoms with E-state index in [0.717, 1.165) is 36.4 Å². The van der Waals surface area contributed by atoms with Crippen LogP contribution in [-0.4, -0.2) is 35.9 Å². The summed E-state index contributed by atoms with van der Waals surface area (Å²) in [5.74, 6) is 0.749. The number of ether oxygens (including phenoxy) is 2. The predicted octanol–water partition coefficient (Wildman–Crippen LogP) is 1.64. The summed E-state index contributed by atoms with van der Waals surface area (Å²) in [6.07, 6.45) is 2.03. The number of aliphatic carboxylic acids is 1. The van der Waals surface area contributed by atoms with Crippen LogP contribution in [0.25, 0.3) is 0 Å². The number of fused-ring (bicyclic) bond motifs is 1. The first kappa shape index (κ1) is 11.3. The first-order chi connectivity index (χ1) is 8.74. The smallest absolute Gasteiger partial charge is 0.317 e. The quantitative estimate of drug-likeness (QED) is 0.882. The van der Waals surface area contributed by atoms with E-state index in [-0.39, 0.29) is 19.4 Å². The fraction of sp³-hybridized carbons (Fsp3) is 0.462. The minimum absolute atomic E-state index is 0.0963. The van der Waals surface area contributed by atoms with Crippen LogP contribution in [0.3, 0.4) is 0 Å². The number of carboxylic acid groups (broad SMARTS) is 1. The summed E-state index contributed by atoms with van der Waals surface area (Å²) in [6, 6.07) is 6.04. The second kappa shape index (κ2) is 4.49. The molecule has 5 nitrogen and oxygen atoms in total. The van der Waals surface area contributed by atoms with Crippen LogP contribution in [-0.2, 0) is 4.79 Å². The Kier molecular flexibility index (Phi) is 2.83. The lowest BCUT2D eigenvalue weighted by Gasteiger charge is -2.23. The monoisotopic (exact) mass is 249 g/mol. The van der Waals surface area contributed by atoms with Gasteiger partial charge in [-0.3, -0.25) is 9.69 Å². The molecule has 1 N–H and O–H groups in total. The van der Waals surface area contributed by atoms with Gasteiger partial charge in [0.2, 0.25) is 6.79 Å². The van der Waals surface area contributed by atoms with E-state index in [1.807, 2.05) is 23.1 Å². The Balaban J connectivity index is 1.83. The van der Waals surface area contributed by atoms with Crippen molar-refractivity contribution in [2.75, 3.05) is 19.9 Å². The highest BCUT2D eigenvalue weighted by Crippen LogP contribution is 2.38. The third-order valence-corrected chi connectivity index (χ3v) is 3.48. The van der Waals surface area contributed by atoms with Crippen LogP contribution in [0.2, 0.25) is 0 Å². The average molecular weight is 249 g/mol. The van der Waals surface area contributed by atoms with E-state index < -0.39 is 5.97 Å². The molecule has 3 rings (SSSR count). The summed E-state index contributed by atoms with van der Waals surface area (Å²) >= 11 is 0. The van der Waals surface area contributed by atoms with Gasteiger partial charge < -0.3 is 14.6 Å². The van der Waals surface area contributed by atoms with Gasteiger partial charge in [-0.25, -0.2) is 0 Å². The average Bonchev–Trinajstić information content (AvgIpc) is 2.95. The molecule has 96 valence electrons. The number of hydrogen-bond donors (Lipinski definition) is 1. The maximum Gasteiger partial charge on any atom is 0.317 e. The molecule has 2 aliphatic heterocycles. The zero-order valence-electron chi connectivity index (χ0n) is 9.96. The second-order valence-corrected chi connectivity index (χ2v) is 4.63. The molecule has 1 aromatic rings. The van der Waals surface area contributed by atoms with Gasteiger partial charge in [0.25, 0.3) is 0 Å². The molecular formula is C13H15NO4. The molecule has 1 unspecified atom stereocenters. The summed E-state index contributed by atoms with van der Waals surface area (Å²) in [7, 11) is 0. The summed E-state index contributed by atoms with van der Waals surface area (Å²) < 4.78 is 10.6. The van der Waals surface area contributed by atoms with E-state index in [1.165, 1.54) is 0 Å². The molecule has 5 heteroatoms. The molecule has 0 saturated carbocycles. The van der Waals surface area contributed by atoms with Crippen LogP contribution in [0, 0.1) is 0 Å². The molecular weight excluding hydrogens is 234 g/mol. The van der Waals surface area contributed by atoms with Crippen molar-refractivity contribution in [1.82, 2.24) is 4.90 Å². The minimum atomic E-state index is -0.775. The van der Waals surface area contributed by atoms with Crippen LogP contribution in [0.1, 0.15) is 24.4 Å². The van der Waals surface area contributed by atoms with E-state index in [1.54, 1.807) is 0 Å². The van der Waals surface area contributed by atoms with Gasteiger partial charge in [-0.05, 0) is 37.1 Å². The van der Waals surface area contributed by atoms with Crippen LogP contribution >= 0.6 is 0 Å². The van der Waals surface area contributed by atoms with Gasteiger partial charge in [0.1, 0.15) is 0 Å². The number of benzene rings is 1. The normalized spacial score (nSPS) is 22.3. The van der Waals surface area contributed by atoms with Gasteiger partial charge in [0.15, 0.2) is 11.5 Å². The van der Waals surface area contributed by atoms with Gasteiger partial charge >= 0.3 is 5.97 Å². The van der Waals surface area contributed by atoms with Crippen LogP contribution < -0.4 is 9.47 Å². The molecule has 2 aliphatic rings. The SMILES string of the molecule is O=C(O)CN1CCCC1c1ccc2c(c1)OCO2. The molecule has 2 heterocycles. The van der Waals surface area contributed by atoms with Crippen LogP contribution in [0.4, 0.5) is 0 Å². The lowest BCUT2D eigenvalue weighted by Crippen LogP contribution is -2.29. The standard InChI is InChI=1S/C13H15NO4/c15-13(16)7-14-5-1-2-10(14)9-3-4-11-12(6-9)18-8-17-11/h3-4,6,10H,1-2,5,7-8H2,(H,15,16). The fourth-order valence-corrected chi connectivity index (χ4v) is 2.69. The third kappa shape index (κ3) is 2.01. The zero-order valence-corrected chi connectivity index (χ0v) is 9.96. The first-order valence-electron chi connectivity index (χ1n) is 6.09. The number of rotatable bonds is 3. The van der Waals surface area contributed by atoms with Crippen molar-refractivity contribution < 1.29 is 19.4 Å². The molecule has 1 aromatic carbocycles. The van der Waals surface area contributed by atoms with Crippen molar-refractivity contribution in [3.05, 3.63) is 23.8 Å². The number of likely N-dealkylation sites (tertiary alicyclic amines) is 1. The largest absolute Gasteiger partial charge is 0.480 e. The highest BCUT2D eigenvalue weighted by molar-refractivity contribution is 5.69. The molecule has 18 heavy (non-hydrogen) atoms. The molecule has 1 saturated heterocycles. The Hall–Kier alpha value is -1.75. The van der Waals surface area contributed by atoms with E-state index in [2.05, 4.69) is 0 Å². The third-order valence-electron chi connectivity index (χ3n) is 3.48. The van der Waals surface area contributed by atoms with E-state index in [4.69, 9.17) is 14.6 Å². The Morgan fingerprint density at radius 1 is 1.39 bits per heavy atom. The highest BCUT2D eigenvalue weighted by Gasteiger charge is 2.28. The lowest BCUT2D eigenvalue weighted by molar-refractivity contribution is -0.138. The highest BCUT2D eigenvalue weighted by atomic mass is 16.7. The zero-order chi connectivity index (χ0) is 12.5. The Morgan fingerprint density at radius 2 is 2.22 bits per heavy atom. The van der Waals surface area contributed by atoms with E-state index in [9.17, 15) is 4.79 Å². The van der Waals surface area contributed by atoms with Crippen molar-refractivity contribution in [3.63, 3.8) is 0 Å².